The van der Waals surface area contributed by atoms with Crippen LogP contribution in [0.1, 0.15) is 125 Å². The predicted octanol–water partition coefficient (Wildman–Crippen LogP) is 24.5. The lowest BCUT2D eigenvalue weighted by atomic mass is 9.78. The van der Waals surface area contributed by atoms with Gasteiger partial charge in [-0.1, -0.05) is 276 Å². The summed E-state index contributed by atoms with van der Waals surface area (Å²) >= 11 is 0. The van der Waals surface area contributed by atoms with Gasteiger partial charge in [0.05, 0.1) is 51.1 Å². The van der Waals surface area contributed by atoms with E-state index in [2.05, 4.69) is 355 Å². The Bertz CT molecular complexity index is 5810. The smallest absolute Gasteiger partial charge is 0.0650 e. The molecule has 0 bridgehead atoms. The normalized spacial score (nSPS) is 16.1. The average Bonchev–Trinajstić information content (AvgIpc) is 1.50. The number of nitrogens with zero attached hydrogens (tertiary/aromatic N) is 4. The number of aromatic nitrogens is 2. The lowest BCUT2D eigenvalue weighted by Crippen LogP contribution is -2.38. The lowest BCUT2D eigenvalue weighted by Gasteiger charge is -2.41. The van der Waals surface area contributed by atoms with E-state index in [0.29, 0.717) is 0 Å². The van der Waals surface area contributed by atoms with Gasteiger partial charge in [-0.2, -0.15) is 0 Å². The zero-order valence-electron chi connectivity index (χ0n) is 56.3. The molecule has 0 saturated carbocycles. The van der Waals surface area contributed by atoms with Crippen LogP contribution in [-0.2, 0) is 21.7 Å². The van der Waals surface area contributed by atoms with Crippen molar-refractivity contribution in [2.75, 3.05) is 9.80 Å². The molecule has 0 fully saturated rings. The molecule has 19 rings (SSSR count). The van der Waals surface area contributed by atoms with Crippen molar-refractivity contribution in [3.05, 3.63) is 311 Å². The highest BCUT2D eigenvalue weighted by atomic mass is 15.2. The van der Waals surface area contributed by atoms with Gasteiger partial charge in [0.15, 0.2) is 0 Å². The summed E-state index contributed by atoms with van der Waals surface area (Å²) in [6.07, 6.45) is 5.10. The van der Waals surface area contributed by atoms with Gasteiger partial charge in [0.25, 0.3) is 0 Å². The zero-order valence-corrected chi connectivity index (χ0v) is 56.3. The second kappa shape index (κ2) is 19.9. The molecule has 0 amide bonds. The van der Waals surface area contributed by atoms with E-state index >= 15 is 0 Å². The van der Waals surface area contributed by atoms with Gasteiger partial charge in [-0.05, 0) is 144 Å². The van der Waals surface area contributed by atoms with Crippen molar-refractivity contribution in [2.24, 2.45) is 0 Å². The fourth-order valence-electron chi connectivity index (χ4n) is 18.2. The second-order valence-electron chi connectivity index (χ2n) is 30.8. The minimum Gasteiger partial charge on any atom is -0.333 e. The van der Waals surface area contributed by atoms with Crippen LogP contribution in [0.25, 0.3) is 105 Å². The molecule has 4 aliphatic rings. The Hall–Kier alpha value is -10.7. The molecular weight excluding hydrogens is 1160 g/mol. The lowest BCUT2D eigenvalue weighted by molar-refractivity contribution is 0.587. The predicted molar refractivity (Wildman–Crippen MR) is 406 cm³/mol. The number of fused-ring (bicyclic) bond motifs is 18. The summed E-state index contributed by atoms with van der Waals surface area (Å²) in [6, 6.07) is 97.4. The molecule has 15 aromatic rings. The van der Waals surface area contributed by atoms with Gasteiger partial charge < -0.3 is 18.8 Å². The first-order valence-corrected chi connectivity index (χ1v) is 34.5. The maximum Gasteiger partial charge on any atom is 0.0650 e. The van der Waals surface area contributed by atoms with Crippen molar-refractivity contribution < 1.29 is 0 Å². The van der Waals surface area contributed by atoms with Crippen LogP contribution < -0.4 is 9.80 Å². The Morgan fingerprint density at radius 2 is 0.906 bits per heavy atom. The first kappa shape index (κ1) is 56.8. The van der Waals surface area contributed by atoms with E-state index in [-0.39, 0.29) is 33.6 Å². The summed E-state index contributed by atoms with van der Waals surface area (Å²) in [5.74, 6) is -0.0251. The monoisotopic (exact) mass is 1240 g/mol. The molecule has 0 saturated heterocycles. The standard InChI is InChI=1S/C92H76N4/c1-89(2,3)57-43-47-75-69(51-57)83-77(93(73-39-23-19-31-59(73)55-27-13-11-14-28-55)79-41-25-35-63-61-33-17-21-37-71(61)91(7,8)85(63)79)49-45-65-67-54-82-68(53-81(67)95(75)87(65)83)66-46-50-78(84-70-52-58(90(4,5)6)44-48-76(70)96(82)88(66)84)94(74-40-24-20-32-60(74)56-29-15-12-16-30-56)80-42-26-36-64-62-34-18-22-38-72(62)92(9,10)86(64)80/h11-54,77,83H,1-10H3. The van der Waals surface area contributed by atoms with E-state index in [4.69, 9.17) is 0 Å². The number of benzene rings is 12. The highest BCUT2D eigenvalue weighted by Crippen LogP contribution is 2.61. The van der Waals surface area contributed by atoms with Crippen LogP contribution in [0.2, 0.25) is 0 Å². The molecule has 96 heavy (non-hydrogen) atoms. The van der Waals surface area contributed by atoms with Gasteiger partial charge in [-0.3, -0.25) is 0 Å². The number of hydrogen-bond donors (Lipinski definition) is 0. The van der Waals surface area contributed by atoms with E-state index in [1.807, 2.05) is 0 Å². The molecular formula is C92H76N4. The number of rotatable bonds is 8. The highest BCUT2D eigenvalue weighted by molar-refractivity contribution is 6.29. The summed E-state index contributed by atoms with van der Waals surface area (Å²) in [5, 5.41) is 6.31. The van der Waals surface area contributed by atoms with Gasteiger partial charge in [0, 0.05) is 77.2 Å². The van der Waals surface area contributed by atoms with Gasteiger partial charge >= 0.3 is 0 Å². The Balaban J connectivity index is 0.887. The van der Waals surface area contributed by atoms with E-state index in [1.165, 1.54) is 172 Å². The largest absolute Gasteiger partial charge is 0.333 e. The van der Waals surface area contributed by atoms with Crippen LogP contribution in [0.5, 0.6) is 0 Å². The van der Waals surface area contributed by atoms with Crippen molar-refractivity contribution in [2.45, 2.75) is 103 Å². The van der Waals surface area contributed by atoms with Crippen molar-refractivity contribution in [3.63, 3.8) is 0 Å². The molecule has 0 spiro atoms. The fourth-order valence-corrected chi connectivity index (χ4v) is 18.2. The molecule has 4 heteroatoms. The molecule has 1 aliphatic heterocycles. The Kier molecular flexibility index (Phi) is 11.8. The summed E-state index contributed by atoms with van der Waals surface area (Å²) in [7, 11) is 0. The van der Waals surface area contributed by atoms with Crippen LogP contribution in [0.3, 0.4) is 0 Å². The van der Waals surface area contributed by atoms with Crippen LogP contribution in [-0.4, -0.2) is 15.0 Å². The second-order valence-corrected chi connectivity index (χ2v) is 30.8. The van der Waals surface area contributed by atoms with Crippen LogP contribution >= 0.6 is 0 Å². The zero-order chi connectivity index (χ0) is 65.1. The molecule has 4 nitrogen and oxygen atoms in total. The third-order valence-electron chi connectivity index (χ3n) is 22.6. The van der Waals surface area contributed by atoms with Crippen molar-refractivity contribution in [1.29, 1.82) is 0 Å². The summed E-state index contributed by atoms with van der Waals surface area (Å²) in [4.78, 5) is 5.40. The van der Waals surface area contributed by atoms with Crippen molar-refractivity contribution >= 4 is 83.5 Å². The van der Waals surface area contributed by atoms with Crippen LogP contribution in [0.15, 0.2) is 261 Å². The van der Waals surface area contributed by atoms with Gasteiger partial charge in [-0.25, -0.2) is 0 Å². The summed E-state index contributed by atoms with van der Waals surface area (Å²) in [6.45, 7) is 23.9. The Labute approximate surface area is 563 Å². The molecule has 3 aromatic heterocycles. The Morgan fingerprint density at radius 3 is 1.55 bits per heavy atom. The SMILES string of the molecule is CC(C)(C)c1ccc2c(c1)C1c3c(c4cc5c(cc4n3-2)c2ccc(N(c3ccccc3-c3ccccc3)c3cccc4c3C(C)(C)c3ccccc3-4)c3c4cc(C(C)(C)C)ccc4n5c23)C=CC1N(c1ccccc1-c1ccccc1)c1cccc2c1C(C)(C)c1ccccc1-2. The molecule has 4 heterocycles. The Morgan fingerprint density at radius 1 is 0.385 bits per heavy atom. The van der Waals surface area contributed by atoms with Gasteiger partial charge in [0.2, 0.25) is 0 Å². The van der Waals surface area contributed by atoms with Gasteiger partial charge in [0.1, 0.15) is 0 Å². The number of hydrogen-bond acceptors (Lipinski definition) is 2. The molecule has 3 aliphatic carbocycles. The number of para-hydroxylation sites is 2. The minimum atomic E-state index is -0.279. The number of anilines is 5. The van der Waals surface area contributed by atoms with E-state index in [1.54, 1.807) is 0 Å². The van der Waals surface area contributed by atoms with Crippen LogP contribution in [0, 0.1) is 0 Å². The summed E-state index contributed by atoms with van der Waals surface area (Å²) < 4.78 is 5.33. The maximum atomic E-state index is 2.76. The minimum absolute atomic E-state index is 0.0251. The quantitative estimate of drug-likeness (QED) is 0.151. The van der Waals surface area contributed by atoms with E-state index < -0.39 is 0 Å². The van der Waals surface area contributed by atoms with Crippen molar-refractivity contribution in [3.8, 4) is 50.2 Å². The third-order valence-corrected chi connectivity index (χ3v) is 22.6. The van der Waals surface area contributed by atoms with E-state index in [0.717, 1.165) is 5.69 Å². The maximum absolute atomic E-state index is 2.76. The first-order chi connectivity index (χ1) is 46.5. The first-order valence-electron chi connectivity index (χ1n) is 34.5. The third kappa shape index (κ3) is 7.78. The average molecular weight is 1240 g/mol. The molecule has 2 atom stereocenters. The fraction of sp³-hybridized carbons (Fsp3) is 0.174. The molecule has 464 valence electrons. The summed E-state index contributed by atoms with van der Waals surface area (Å²) in [5.41, 5.74) is 33.7. The highest BCUT2D eigenvalue weighted by Gasteiger charge is 2.47. The van der Waals surface area contributed by atoms with Crippen molar-refractivity contribution in [1.82, 2.24) is 8.97 Å². The van der Waals surface area contributed by atoms with Gasteiger partial charge in [-0.15, -0.1) is 0 Å². The topological polar surface area (TPSA) is 15.8 Å². The van der Waals surface area contributed by atoms with Crippen LogP contribution in [0.4, 0.5) is 28.4 Å². The molecule has 2 unspecified atom stereocenters. The molecule has 0 radical (unpaired) electrons. The molecule has 0 N–H and O–H groups in total. The molecule has 12 aromatic carbocycles. The van der Waals surface area contributed by atoms with E-state index in [9.17, 15) is 0 Å².